The molecular formula is C15H30N2O5. The molecule has 1 atom stereocenters. The third-order valence-corrected chi connectivity index (χ3v) is 3.71. The Morgan fingerprint density at radius 2 is 1.82 bits per heavy atom. The topological polar surface area (TPSA) is 105 Å². The number of primary amides is 1. The summed E-state index contributed by atoms with van der Waals surface area (Å²) in [5.74, 6) is 1.76. The predicted octanol–water partition coefficient (Wildman–Crippen LogP) is 3.54. The number of carbonyl (C=O) groups excluding carboxylic acids is 1. The second kappa shape index (κ2) is 9.48. The summed E-state index contributed by atoms with van der Waals surface area (Å²) in [6.45, 7) is 9.86. The fourth-order valence-electron chi connectivity index (χ4n) is 2.47. The van der Waals surface area contributed by atoms with Gasteiger partial charge in [0.2, 0.25) is 0 Å². The first-order valence-electron chi connectivity index (χ1n) is 7.77. The Balaban J connectivity index is 0.000000472. The van der Waals surface area contributed by atoms with Crippen molar-refractivity contribution in [3.8, 4) is 0 Å². The first-order valence-corrected chi connectivity index (χ1v) is 7.77. The number of nitrogens with zero attached hydrogens (tertiary/aromatic N) is 1. The van der Waals surface area contributed by atoms with E-state index in [1.54, 1.807) is 20.8 Å². The van der Waals surface area contributed by atoms with E-state index in [4.69, 9.17) is 5.73 Å². The fourth-order valence-corrected chi connectivity index (χ4v) is 2.47. The molecule has 0 spiro atoms. The summed E-state index contributed by atoms with van der Waals surface area (Å²) in [7, 11) is 0. The molecule has 0 aromatic rings. The van der Waals surface area contributed by atoms with Crippen molar-refractivity contribution in [1.29, 1.82) is 0 Å². The lowest BCUT2D eigenvalue weighted by molar-refractivity contribution is -0.759. The van der Waals surface area contributed by atoms with E-state index < -0.39 is 16.8 Å². The minimum Gasteiger partial charge on any atom is -0.444 e. The quantitative estimate of drug-likeness (QED) is 0.630. The molecule has 7 nitrogen and oxygen atoms in total. The standard InChI is InChI=1S/C10H19NO3.C5H11NO2/c1-8-3-5-10(6-4-8)9(2)7-14-11(12)13;1-5(2,3)8-4(6)7/h8-10H,3-7H2,1-2H3;1-3H3,(H2,6,7). The number of hydrogen-bond acceptors (Lipinski definition) is 5. The molecule has 1 aliphatic rings. The Kier molecular flexibility index (Phi) is 8.82. The van der Waals surface area contributed by atoms with E-state index in [9.17, 15) is 14.9 Å². The number of amides is 1. The summed E-state index contributed by atoms with van der Waals surface area (Å²) < 4.78 is 4.58. The highest BCUT2D eigenvalue weighted by Gasteiger charge is 2.23. The normalized spacial score (nSPS) is 22.8. The molecule has 1 aliphatic carbocycles. The number of carbonyl (C=O) groups is 1. The Morgan fingerprint density at radius 3 is 2.14 bits per heavy atom. The molecule has 0 aromatic carbocycles. The van der Waals surface area contributed by atoms with Gasteiger partial charge in [0.15, 0.2) is 0 Å². The van der Waals surface area contributed by atoms with Gasteiger partial charge in [0.05, 0.1) is 6.61 Å². The highest BCUT2D eigenvalue weighted by Crippen LogP contribution is 2.33. The number of nitrogens with two attached hydrogens (primary N) is 1. The molecule has 0 bridgehead atoms. The molecule has 1 fully saturated rings. The second-order valence-electron chi connectivity index (χ2n) is 7.05. The maximum Gasteiger partial charge on any atom is 0.405 e. The lowest BCUT2D eigenvalue weighted by atomic mass is 9.77. The van der Waals surface area contributed by atoms with Crippen molar-refractivity contribution in [1.82, 2.24) is 0 Å². The van der Waals surface area contributed by atoms with Crippen molar-refractivity contribution < 1.29 is 19.5 Å². The van der Waals surface area contributed by atoms with Crippen LogP contribution in [0.1, 0.15) is 60.3 Å². The molecule has 130 valence electrons. The zero-order valence-corrected chi connectivity index (χ0v) is 14.3. The molecule has 0 aliphatic heterocycles. The van der Waals surface area contributed by atoms with Crippen LogP contribution in [0.2, 0.25) is 0 Å². The number of hydrogen-bond donors (Lipinski definition) is 1. The molecule has 0 radical (unpaired) electrons. The smallest absolute Gasteiger partial charge is 0.405 e. The molecule has 2 N–H and O–H groups in total. The molecular weight excluding hydrogens is 288 g/mol. The average molecular weight is 318 g/mol. The second-order valence-corrected chi connectivity index (χ2v) is 7.05. The van der Waals surface area contributed by atoms with E-state index >= 15 is 0 Å². The van der Waals surface area contributed by atoms with Gasteiger partial charge >= 0.3 is 6.09 Å². The molecule has 1 amide bonds. The van der Waals surface area contributed by atoms with Crippen LogP contribution in [-0.4, -0.2) is 23.4 Å². The molecule has 0 saturated heterocycles. The van der Waals surface area contributed by atoms with Gasteiger partial charge in [-0.1, -0.05) is 26.7 Å². The largest absolute Gasteiger partial charge is 0.444 e. The van der Waals surface area contributed by atoms with Crippen LogP contribution in [0.15, 0.2) is 0 Å². The Morgan fingerprint density at radius 1 is 1.32 bits per heavy atom. The zero-order chi connectivity index (χ0) is 17.3. The number of ether oxygens (including phenoxy) is 1. The number of rotatable bonds is 4. The summed E-state index contributed by atoms with van der Waals surface area (Å²) >= 11 is 0. The van der Waals surface area contributed by atoms with Gasteiger partial charge in [0.25, 0.3) is 5.09 Å². The zero-order valence-electron chi connectivity index (χ0n) is 14.3. The highest BCUT2D eigenvalue weighted by atomic mass is 16.9. The summed E-state index contributed by atoms with van der Waals surface area (Å²) in [6.07, 6.45) is 4.19. The predicted molar refractivity (Wildman–Crippen MR) is 83.7 cm³/mol. The Bertz CT molecular complexity index is 346. The summed E-state index contributed by atoms with van der Waals surface area (Å²) in [5.41, 5.74) is 4.26. The van der Waals surface area contributed by atoms with Gasteiger partial charge in [-0.25, -0.2) is 4.79 Å². The Hall–Kier alpha value is -1.53. The summed E-state index contributed by atoms with van der Waals surface area (Å²) in [4.78, 5) is 24.4. The fraction of sp³-hybridized carbons (Fsp3) is 0.933. The van der Waals surface area contributed by atoms with Crippen molar-refractivity contribution in [3.63, 3.8) is 0 Å². The van der Waals surface area contributed by atoms with Crippen molar-refractivity contribution in [2.75, 3.05) is 6.61 Å². The minimum atomic E-state index is -0.725. The van der Waals surface area contributed by atoms with Crippen molar-refractivity contribution in [2.45, 2.75) is 65.9 Å². The third-order valence-electron chi connectivity index (χ3n) is 3.71. The molecule has 7 heteroatoms. The SMILES string of the molecule is CC(C)(C)OC(N)=O.CC1CCC(C(C)CO[N+](=O)[O-])CC1. The van der Waals surface area contributed by atoms with E-state index in [1.165, 1.54) is 25.7 Å². The van der Waals surface area contributed by atoms with Crippen LogP contribution in [0.5, 0.6) is 0 Å². The third kappa shape index (κ3) is 11.2. The molecule has 1 saturated carbocycles. The lowest BCUT2D eigenvalue weighted by Gasteiger charge is -2.30. The van der Waals surface area contributed by atoms with Crippen LogP contribution >= 0.6 is 0 Å². The van der Waals surface area contributed by atoms with Crippen molar-refractivity contribution in [2.24, 2.45) is 23.5 Å². The van der Waals surface area contributed by atoms with Crippen molar-refractivity contribution in [3.05, 3.63) is 10.1 Å². The van der Waals surface area contributed by atoms with E-state index in [1.807, 2.05) is 6.92 Å². The maximum atomic E-state index is 10.0. The Labute approximate surface area is 132 Å². The molecule has 1 rings (SSSR count). The van der Waals surface area contributed by atoms with Gasteiger partial charge in [0, 0.05) is 0 Å². The minimum absolute atomic E-state index is 0.256. The van der Waals surface area contributed by atoms with Crippen LogP contribution in [0.25, 0.3) is 0 Å². The summed E-state index contributed by atoms with van der Waals surface area (Å²) in [5, 5.41) is 9.33. The van der Waals surface area contributed by atoms with Gasteiger partial charge in [-0.2, -0.15) is 0 Å². The first-order chi connectivity index (χ1) is 10.0. The molecule has 0 heterocycles. The van der Waals surface area contributed by atoms with E-state index in [0.29, 0.717) is 11.8 Å². The van der Waals surface area contributed by atoms with Gasteiger partial charge < -0.3 is 15.3 Å². The van der Waals surface area contributed by atoms with Gasteiger partial charge in [0.1, 0.15) is 5.60 Å². The van der Waals surface area contributed by atoms with Crippen LogP contribution in [-0.2, 0) is 9.57 Å². The van der Waals surface area contributed by atoms with Gasteiger partial charge in [-0.3, -0.25) is 0 Å². The lowest BCUT2D eigenvalue weighted by Crippen LogP contribution is -2.27. The van der Waals surface area contributed by atoms with Gasteiger partial charge in [-0.15, -0.1) is 10.1 Å². The van der Waals surface area contributed by atoms with Crippen LogP contribution in [0.4, 0.5) is 4.79 Å². The molecule has 22 heavy (non-hydrogen) atoms. The summed E-state index contributed by atoms with van der Waals surface area (Å²) in [6, 6.07) is 0. The van der Waals surface area contributed by atoms with E-state index in [-0.39, 0.29) is 6.61 Å². The maximum absolute atomic E-state index is 10.0. The van der Waals surface area contributed by atoms with Gasteiger partial charge in [-0.05, 0) is 51.4 Å². The molecule has 0 aromatic heterocycles. The monoisotopic (exact) mass is 318 g/mol. The van der Waals surface area contributed by atoms with E-state index in [2.05, 4.69) is 16.5 Å². The average Bonchev–Trinajstić information content (AvgIpc) is 2.34. The van der Waals surface area contributed by atoms with Crippen LogP contribution < -0.4 is 5.73 Å². The van der Waals surface area contributed by atoms with Crippen LogP contribution in [0.3, 0.4) is 0 Å². The first kappa shape index (κ1) is 20.5. The highest BCUT2D eigenvalue weighted by molar-refractivity contribution is 5.65. The van der Waals surface area contributed by atoms with E-state index in [0.717, 1.165) is 5.92 Å². The van der Waals surface area contributed by atoms with Crippen LogP contribution in [0, 0.1) is 27.9 Å². The molecule has 1 unspecified atom stereocenters. The van der Waals surface area contributed by atoms with Crippen molar-refractivity contribution >= 4 is 6.09 Å².